The first kappa shape index (κ1) is 25.9. The topological polar surface area (TPSA) is 170 Å². The second kappa shape index (κ2) is 12.0. The van der Waals surface area contributed by atoms with Gasteiger partial charge in [0.25, 0.3) is 0 Å². The number of thioether (sulfide) groups is 1. The van der Waals surface area contributed by atoms with Crippen LogP contribution in [0, 0.1) is 0 Å². The number of carbonyl (C=O) groups is 5. The SMILES string of the molecule is CSCCC(NC(=O)C1CCCN1C(=O)C1CCCN1C(=O)C(N)CCC(=O)O)C(=O)O. The lowest BCUT2D eigenvalue weighted by atomic mass is 10.1. The third-order valence-corrected chi connectivity index (χ3v) is 6.52. The van der Waals surface area contributed by atoms with Crippen molar-refractivity contribution in [2.45, 2.75) is 69.1 Å². The van der Waals surface area contributed by atoms with Crippen LogP contribution in [-0.2, 0) is 24.0 Å². The second-order valence-corrected chi connectivity index (χ2v) is 9.08. The molecule has 0 spiro atoms. The van der Waals surface area contributed by atoms with Crippen LogP contribution in [0.15, 0.2) is 0 Å². The maximum absolute atomic E-state index is 13.3. The first-order valence-electron chi connectivity index (χ1n) is 10.8. The molecule has 4 unspecified atom stereocenters. The number of nitrogens with one attached hydrogen (secondary N) is 1. The molecule has 5 N–H and O–H groups in total. The number of carboxylic acid groups (broad SMARTS) is 2. The summed E-state index contributed by atoms with van der Waals surface area (Å²) in [6.07, 6.45) is 3.93. The molecule has 0 aliphatic carbocycles. The molecule has 180 valence electrons. The van der Waals surface area contributed by atoms with Gasteiger partial charge in [0.1, 0.15) is 18.1 Å². The number of nitrogens with two attached hydrogens (primary N) is 1. The third-order valence-electron chi connectivity index (χ3n) is 5.87. The number of nitrogens with zero attached hydrogens (tertiary/aromatic N) is 2. The molecule has 11 nitrogen and oxygen atoms in total. The fourth-order valence-corrected chi connectivity index (χ4v) is 4.63. The second-order valence-electron chi connectivity index (χ2n) is 8.10. The van der Waals surface area contributed by atoms with E-state index in [0.717, 1.165) is 0 Å². The summed E-state index contributed by atoms with van der Waals surface area (Å²) in [4.78, 5) is 63.8. The Bertz CT molecular complexity index is 735. The molecule has 0 aromatic carbocycles. The smallest absolute Gasteiger partial charge is 0.326 e. The van der Waals surface area contributed by atoms with Crippen molar-refractivity contribution in [1.82, 2.24) is 15.1 Å². The van der Waals surface area contributed by atoms with Gasteiger partial charge in [0.05, 0.1) is 6.04 Å². The summed E-state index contributed by atoms with van der Waals surface area (Å²) in [5, 5.41) is 20.7. The predicted molar refractivity (Wildman–Crippen MR) is 117 cm³/mol. The van der Waals surface area contributed by atoms with E-state index in [2.05, 4.69) is 5.32 Å². The zero-order valence-electron chi connectivity index (χ0n) is 18.2. The van der Waals surface area contributed by atoms with Crippen molar-refractivity contribution >= 4 is 41.4 Å². The van der Waals surface area contributed by atoms with Crippen molar-refractivity contribution in [3.8, 4) is 0 Å². The van der Waals surface area contributed by atoms with Crippen molar-refractivity contribution in [3.63, 3.8) is 0 Å². The Kier molecular flexibility index (Phi) is 9.76. The van der Waals surface area contributed by atoms with Crippen LogP contribution in [-0.4, -0.2) is 98.9 Å². The summed E-state index contributed by atoms with van der Waals surface area (Å²) in [6.45, 7) is 0.694. The summed E-state index contributed by atoms with van der Waals surface area (Å²) in [7, 11) is 0. The summed E-state index contributed by atoms with van der Waals surface area (Å²) in [5.74, 6) is -2.92. The molecule has 0 radical (unpaired) electrons. The summed E-state index contributed by atoms with van der Waals surface area (Å²) in [6, 6.07) is -3.57. The normalized spacial score (nSPS) is 22.4. The first-order chi connectivity index (χ1) is 15.2. The van der Waals surface area contributed by atoms with Gasteiger partial charge in [-0.1, -0.05) is 0 Å². The fourth-order valence-electron chi connectivity index (χ4n) is 4.16. The average Bonchev–Trinajstić information content (AvgIpc) is 3.43. The van der Waals surface area contributed by atoms with Gasteiger partial charge in [-0.3, -0.25) is 19.2 Å². The minimum Gasteiger partial charge on any atom is -0.481 e. The monoisotopic (exact) mass is 472 g/mol. The fraction of sp³-hybridized carbons (Fsp3) is 0.750. The highest BCUT2D eigenvalue weighted by Gasteiger charge is 2.43. The molecule has 32 heavy (non-hydrogen) atoms. The van der Waals surface area contributed by atoms with Crippen LogP contribution >= 0.6 is 11.8 Å². The van der Waals surface area contributed by atoms with Gasteiger partial charge in [0, 0.05) is 19.5 Å². The van der Waals surface area contributed by atoms with Crippen LogP contribution < -0.4 is 11.1 Å². The molecule has 0 bridgehead atoms. The quantitative estimate of drug-likeness (QED) is 0.309. The number of carboxylic acids is 2. The van der Waals surface area contributed by atoms with Gasteiger partial charge in [0.15, 0.2) is 0 Å². The van der Waals surface area contributed by atoms with E-state index in [1.807, 2.05) is 6.26 Å². The molecule has 4 atom stereocenters. The van der Waals surface area contributed by atoms with E-state index in [1.54, 1.807) is 0 Å². The number of carbonyl (C=O) groups excluding carboxylic acids is 3. The van der Waals surface area contributed by atoms with Crippen LogP contribution in [0.4, 0.5) is 0 Å². The maximum atomic E-state index is 13.3. The van der Waals surface area contributed by atoms with E-state index in [1.165, 1.54) is 21.6 Å². The minimum atomic E-state index is -1.12. The highest BCUT2D eigenvalue weighted by Crippen LogP contribution is 2.26. The van der Waals surface area contributed by atoms with Gasteiger partial charge < -0.3 is 31.1 Å². The Hall–Kier alpha value is -2.34. The zero-order valence-corrected chi connectivity index (χ0v) is 19.0. The molecule has 0 aromatic heterocycles. The van der Waals surface area contributed by atoms with Crippen LogP contribution in [0.5, 0.6) is 0 Å². The summed E-state index contributed by atoms with van der Waals surface area (Å²) >= 11 is 1.48. The highest BCUT2D eigenvalue weighted by atomic mass is 32.2. The van der Waals surface area contributed by atoms with Gasteiger partial charge in [-0.15, -0.1) is 0 Å². The Morgan fingerprint density at radius 1 is 1.03 bits per heavy atom. The van der Waals surface area contributed by atoms with Gasteiger partial charge in [-0.05, 0) is 50.5 Å². The first-order valence-corrected chi connectivity index (χ1v) is 12.2. The Morgan fingerprint density at radius 2 is 1.66 bits per heavy atom. The molecule has 3 amide bonds. The lowest BCUT2D eigenvalue weighted by molar-refractivity contribution is -0.148. The van der Waals surface area contributed by atoms with Crippen molar-refractivity contribution in [3.05, 3.63) is 0 Å². The lowest BCUT2D eigenvalue weighted by Gasteiger charge is -2.32. The maximum Gasteiger partial charge on any atom is 0.326 e. The number of amides is 3. The van der Waals surface area contributed by atoms with E-state index in [0.29, 0.717) is 44.5 Å². The molecule has 2 aliphatic heterocycles. The third kappa shape index (κ3) is 6.58. The van der Waals surface area contributed by atoms with Gasteiger partial charge in [-0.2, -0.15) is 11.8 Å². The number of rotatable bonds is 11. The number of hydrogen-bond donors (Lipinski definition) is 4. The van der Waals surface area contributed by atoms with E-state index in [9.17, 15) is 29.1 Å². The van der Waals surface area contributed by atoms with Crippen LogP contribution in [0.3, 0.4) is 0 Å². The van der Waals surface area contributed by atoms with E-state index < -0.39 is 47.9 Å². The van der Waals surface area contributed by atoms with Gasteiger partial charge in [0.2, 0.25) is 17.7 Å². The summed E-state index contributed by atoms with van der Waals surface area (Å²) < 4.78 is 0. The standard InChI is InChI=1S/C20H32N4O7S/c1-32-11-8-13(20(30)31)22-17(27)14-4-2-9-23(14)19(29)15-5-3-10-24(15)18(28)12(21)6-7-16(25)26/h12-15H,2-11,21H2,1H3,(H,22,27)(H,25,26)(H,30,31). The van der Waals surface area contributed by atoms with Crippen molar-refractivity contribution in [2.24, 2.45) is 5.73 Å². The van der Waals surface area contributed by atoms with E-state index in [-0.39, 0.29) is 25.2 Å². The lowest BCUT2D eigenvalue weighted by Crippen LogP contribution is -2.56. The Labute approximate surface area is 191 Å². The molecule has 12 heteroatoms. The molecule has 2 saturated heterocycles. The molecule has 0 aromatic rings. The van der Waals surface area contributed by atoms with Crippen molar-refractivity contribution < 1.29 is 34.2 Å². The molecular weight excluding hydrogens is 440 g/mol. The number of aliphatic carboxylic acids is 2. The number of likely N-dealkylation sites (tertiary alicyclic amines) is 2. The Balaban J connectivity index is 2.05. The number of hydrogen-bond acceptors (Lipinski definition) is 7. The molecule has 2 fully saturated rings. The highest BCUT2D eigenvalue weighted by molar-refractivity contribution is 7.98. The molecule has 2 aliphatic rings. The molecule has 2 heterocycles. The van der Waals surface area contributed by atoms with Crippen LogP contribution in [0.1, 0.15) is 44.9 Å². The average molecular weight is 473 g/mol. The van der Waals surface area contributed by atoms with Gasteiger partial charge >= 0.3 is 11.9 Å². The minimum absolute atomic E-state index is 0.0209. The zero-order chi connectivity index (χ0) is 23.8. The predicted octanol–water partition coefficient (Wildman–Crippen LogP) is -0.517. The van der Waals surface area contributed by atoms with Crippen LogP contribution in [0.2, 0.25) is 0 Å². The largest absolute Gasteiger partial charge is 0.481 e. The van der Waals surface area contributed by atoms with E-state index in [4.69, 9.17) is 10.8 Å². The summed E-state index contributed by atoms with van der Waals surface area (Å²) in [5.41, 5.74) is 5.86. The molecule has 0 saturated carbocycles. The molecule has 2 rings (SSSR count). The Morgan fingerprint density at radius 3 is 2.25 bits per heavy atom. The van der Waals surface area contributed by atoms with Crippen LogP contribution in [0.25, 0.3) is 0 Å². The van der Waals surface area contributed by atoms with Crippen molar-refractivity contribution in [1.29, 1.82) is 0 Å². The van der Waals surface area contributed by atoms with Gasteiger partial charge in [-0.25, -0.2) is 4.79 Å². The molecular formula is C20H32N4O7S. The van der Waals surface area contributed by atoms with Crippen molar-refractivity contribution in [2.75, 3.05) is 25.1 Å². The van der Waals surface area contributed by atoms with E-state index >= 15 is 0 Å².